The maximum atomic E-state index is 14.5. The summed E-state index contributed by atoms with van der Waals surface area (Å²) in [5, 5.41) is 0. The van der Waals surface area contributed by atoms with Crippen LogP contribution >= 0.6 is 0 Å². The molecular weight excluding hydrogens is 461 g/mol. The van der Waals surface area contributed by atoms with E-state index in [0.717, 1.165) is 29.1 Å². The molecule has 4 rings (SSSR count). The molecule has 0 aliphatic heterocycles. The molecule has 10 heteroatoms. The molecule has 1 N–H and O–H groups in total. The first-order valence-electron chi connectivity index (χ1n) is 10.7. The van der Waals surface area contributed by atoms with Gasteiger partial charge in [0, 0.05) is 22.3 Å². The number of benzene rings is 2. The number of halogens is 1. The van der Waals surface area contributed by atoms with E-state index in [4.69, 9.17) is 9.47 Å². The molecule has 1 saturated carbocycles. The van der Waals surface area contributed by atoms with Crippen molar-refractivity contribution in [3.8, 4) is 22.9 Å². The fraction of sp³-hybridized carbons (Fsp3) is 0.292. The van der Waals surface area contributed by atoms with E-state index in [2.05, 4.69) is 9.97 Å². The molecule has 34 heavy (non-hydrogen) atoms. The van der Waals surface area contributed by atoms with Gasteiger partial charge in [0.2, 0.25) is 15.9 Å². The van der Waals surface area contributed by atoms with E-state index in [1.807, 2.05) is 19.1 Å². The van der Waals surface area contributed by atoms with Crippen molar-refractivity contribution in [2.75, 3.05) is 12.9 Å². The number of hydrogen-bond acceptors (Lipinski definition) is 7. The van der Waals surface area contributed by atoms with Gasteiger partial charge in [-0.3, -0.25) is 4.79 Å². The molecule has 0 atom stereocenters. The van der Waals surface area contributed by atoms with Gasteiger partial charge < -0.3 is 9.47 Å². The zero-order chi connectivity index (χ0) is 24.3. The standard InChI is InChI=1S/C24H24FN3O5S/c1-15-22(26-14-27-24(15)33-12-16-6-7-16)17-4-3-5-20(10-17)32-13-19-9-8-18(11-21(19)25)23(29)28-34(2,30)31/h3-5,8-11,14,16H,6-7,12-13H2,1-2H3,(H,28,29). The van der Waals surface area contributed by atoms with E-state index >= 15 is 0 Å². The second-order valence-electron chi connectivity index (χ2n) is 8.23. The molecule has 1 aliphatic carbocycles. The van der Waals surface area contributed by atoms with Gasteiger partial charge in [-0.25, -0.2) is 27.5 Å². The second kappa shape index (κ2) is 9.76. The SMILES string of the molecule is Cc1c(OCC2CC2)ncnc1-c1cccc(OCc2ccc(C(=O)NS(C)(=O)=O)cc2F)c1. The Labute approximate surface area is 197 Å². The van der Waals surface area contributed by atoms with Crippen molar-refractivity contribution in [1.29, 1.82) is 0 Å². The molecular formula is C24H24FN3O5S. The maximum absolute atomic E-state index is 14.5. The van der Waals surface area contributed by atoms with E-state index in [-0.39, 0.29) is 17.7 Å². The third-order valence-corrected chi connectivity index (χ3v) is 5.84. The summed E-state index contributed by atoms with van der Waals surface area (Å²) < 4.78 is 50.3. The Morgan fingerprint density at radius 3 is 2.65 bits per heavy atom. The Kier molecular flexibility index (Phi) is 6.78. The highest BCUT2D eigenvalue weighted by Gasteiger charge is 2.23. The van der Waals surface area contributed by atoms with Crippen LogP contribution in [0, 0.1) is 18.7 Å². The maximum Gasteiger partial charge on any atom is 0.264 e. The van der Waals surface area contributed by atoms with Crippen LogP contribution in [0.25, 0.3) is 11.3 Å². The van der Waals surface area contributed by atoms with Crippen molar-refractivity contribution in [3.05, 3.63) is 71.3 Å². The number of carbonyl (C=O) groups excluding carboxylic acids is 1. The minimum atomic E-state index is -3.74. The van der Waals surface area contributed by atoms with E-state index in [9.17, 15) is 17.6 Å². The van der Waals surface area contributed by atoms with Crippen LogP contribution in [0.3, 0.4) is 0 Å². The Bertz CT molecular complexity index is 1330. The van der Waals surface area contributed by atoms with Crippen molar-refractivity contribution in [2.24, 2.45) is 5.92 Å². The van der Waals surface area contributed by atoms with Gasteiger partial charge in [-0.1, -0.05) is 18.2 Å². The highest BCUT2D eigenvalue weighted by molar-refractivity contribution is 7.89. The number of carbonyl (C=O) groups is 1. The predicted molar refractivity (Wildman–Crippen MR) is 123 cm³/mol. The van der Waals surface area contributed by atoms with E-state index in [1.54, 1.807) is 16.9 Å². The van der Waals surface area contributed by atoms with Gasteiger partial charge in [0.05, 0.1) is 18.6 Å². The smallest absolute Gasteiger partial charge is 0.264 e. The lowest BCUT2D eigenvalue weighted by molar-refractivity contribution is 0.0981. The summed E-state index contributed by atoms with van der Waals surface area (Å²) in [6.07, 6.45) is 4.69. The fourth-order valence-corrected chi connectivity index (χ4v) is 3.73. The molecule has 3 aromatic rings. The van der Waals surface area contributed by atoms with Crippen molar-refractivity contribution in [3.63, 3.8) is 0 Å². The Hall–Kier alpha value is -3.53. The Morgan fingerprint density at radius 2 is 1.94 bits per heavy atom. The van der Waals surface area contributed by atoms with Crippen LogP contribution in [0.4, 0.5) is 4.39 Å². The van der Waals surface area contributed by atoms with Gasteiger partial charge in [0.25, 0.3) is 5.91 Å². The lowest BCUT2D eigenvalue weighted by Crippen LogP contribution is -2.29. The minimum Gasteiger partial charge on any atom is -0.489 e. The average Bonchev–Trinajstić information content (AvgIpc) is 3.61. The van der Waals surface area contributed by atoms with Gasteiger partial charge in [-0.15, -0.1) is 0 Å². The van der Waals surface area contributed by atoms with Gasteiger partial charge in [-0.05, 0) is 49.9 Å². The van der Waals surface area contributed by atoms with Crippen molar-refractivity contribution in [1.82, 2.24) is 14.7 Å². The summed E-state index contributed by atoms with van der Waals surface area (Å²) in [6, 6.07) is 10.9. The normalized spacial score (nSPS) is 13.4. The molecule has 1 fully saturated rings. The lowest BCUT2D eigenvalue weighted by Gasteiger charge is -2.12. The van der Waals surface area contributed by atoms with Crippen LogP contribution in [-0.2, 0) is 16.6 Å². The van der Waals surface area contributed by atoms with E-state index < -0.39 is 21.7 Å². The zero-order valence-electron chi connectivity index (χ0n) is 18.7. The molecule has 178 valence electrons. The highest BCUT2D eigenvalue weighted by Crippen LogP contribution is 2.32. The molecule has 0 saturated heterocycles. The summed E-state index contributed by atoms with van der Waals surface area (Å²) in [7, 11) is -3.74. The number of amides is 1. The van der Waals surface area contributed by atoms with E-state index in [1.165, 1.54) is 31.3 Å². The molecule has 0 spiro atoms. The Balaban J connectivity index is 1.45. The number of rotatable bonds is 9. The quantitative estimate of drug-likeness (QED) is 0.493. The summed E-state index contributed by atoms with van der Waals surface area (Å²) in [6.45, 7) is 2.48. The molecule has 0 bridgehead atoms. The first kappa shape index (κ1) is 23.6. The number of nitrogens with zero attached hydrogens (tertiary/aromatic N) is 2. The van der Waals surface area contributed by atoms with Gasteiger partial charge in [-0.2, -0.15) is 0 Å². The molecule has 1 heterocycles. The first-order valence-corrected chi connectivity index (χ1v) is 12.6. The zero-order valence-corrected chi connectivity index (χ0v) is 19.6. The molecule has 1 aliphatic rings. The molecule has 1 aromatic heterocycles. The van der Waals surface area contributed by atoms with E-state index in [0.29, 0.717) is 24.2 Å². The van der Waals surface area contributed by atoms with Gasteiger partial charge in [0.15, 0.2) is 0 Å². The fourth-order valence-electron chi connectivity index (χ4n) is 3.28. The third kappa shape index (κ3) is 6.07. The van der Waals surface area contributed by atoms with Crippen LogP contribution in [-0.4, -0.2) is 37.2 Å². The molecule has 1 amide bonds. The first-order chi connectivity index (χ1) is 16.2. The third-order valence-electron chi connectivity index (χ3n) is 5.29. The largest absolute Gasteiger partial charge is 0.489 e. The van der Waals surface area contributed by atoms with Crippen LogP contribution < -0.4 is 14.2 Å². The number of aromatic nitrogens is 2. The van der Waals surface area contributed by atoms with Gasteiger partial charge >= 0.3 is 0 Å². The molecule has 0 unspecified atom stereocenters. The van der Waals surface area contributed by atoms with Crippen LogP contribution in [0.1, 0.15) is 34.3 Å². The highest BCUT2D eigenvalue weighted by atomic mass is 32.2. The molecule has 0 radical (unpaired) electrons. The van der Waals surface area contributed by atoms with Gasteiger partial charge in [0.1, 0.15) is 24.5 Å². The summed E-state index contributed by atoms with van der Waals surface area (Å²) in [5.41, 5.74) is 2.47. The average molecular weight is 486 g/mol. The number of hydrogen-bond donors (Lipinski definition) is 1. The summed E-state index contributed by atoms with van der Waals surface area (Å²) in [4.78, 5) is 20.5. The van der Waals surface area contributed by atoms with Crippen LogP contribution in [0.5, 0.6) is 11.6 Å². The minimum absolute atomic E-state index is 0.0816. The monoisotopic (exact) mass is 485 g/mol. The number of nitrogens with one attached hydrogen (secondary N) is 1. The topological polar surface area (TPSA) is 107 Å². The van der Waals surface area contributed by atoms with Crippen molar-refractivity contribution in [2.45, 2.75) is 26.4 Å². The number of sulfonamides is 1. The summed E-state index contributed by atoms with van der Waals surface area (Å²) in [5.74, 6) is 0.0984. The summed E-state index contributed by atoms with van der Waals surface area (Å²) >= 11 is 0. The molecule has 8 nitrogen and oxygen atoms in total. The predicted octanol–water partition coefficient (Wildman–Crippen LogP) is 3.65. The van der Waals surface area contributed by atoms with Crippen molar-refractivity contribution >= 4 is 15.9 Å². The van der Waals surface area contributed by atoms with Crippen molar-refractivity contribution < 1.29 is 27.1 Å². The number of ether oxygens (including phenoxy) is 2. The van der Waals surface area contributed by atoms with Crippen LogP contribution in [0.2, 0.25) is 0 Å². The van der Waals surface area contributed by atoms with Crippen LogP contribution in [0.15, 0.2) is 48.8 Å². The Morgan fingerprint density at radius 1 is 1.15 bits per heavy atom. The molecule has 2 aromatic carbocycles. The second-order valence-corrected chi connectivity index (χ2v) is 9.98. The lowest BCUT2D eigenvalue weighted by atomic mass is 10.1.